The van der Waals surface area contributed by atoms with Crippen LogP contribution in [0.2, 0.25) is 5.02 Å². The van der Waals surface area contributed by atoms with Gasteiger partial charge in [0.15, 0.2) is 5.13 Å². The number of aromatic nitrogens is 1. The third kappa shape index (κ3) is 3.19. The van der Waals surface area contributed by atoms with Crippen LogP contribution in [-0.2, 0) is 0 Å². The molecular weight excluding hydrogens is 361 g/mol. The Morgan fingerprint density at radius 2 is 1.88 bits per heavy atom. The second-order valence-corrected chi connectivity index (χ2v) is 7.28. The summed E-state index contributed by atoms with van der Waals surface area (Å²) in [5, 5.41) is 1.13. The van der Waals surface area contributed by atoms with E-state index in [1.54, 1.807) is 16.2 Å². The Morgan fingerprint density at radius 1 is 1.12 bits per heavy atom. The van der Waals surface area contributed by atoms with Crippen molar-refractivity contribution in [2.24, 2.45) is 0 Å². The minimum absolute atomic E-state index is 0.151. The highest BCUT2D eigenvalue weighted by Gasteiger charge is 2.25. The van der Waals surface area contributed by atoms with E-state index in [2.05, 4.69) is 16.0 Å². The number of piperazine rings is 1. The first-order valence-electron chi connectivity index (χ1n) is 7.97. The van der Waals surface area contributed by atoms with Gasteiger partial charge in [0.1, 0.15) is 5.82 Å². The standard InChI is InChI=1S/C18H15ClFN3OS/c19-14-11-12(20)5-6-13(14)17(24)22-7-9-23(10-8-22)18-21-15-3-1-2-4-16(15)25-18/h1-6,11H,7-10H2. The predicted octanol–water partition coefficient (Wildman–Crippen LogP) is 4.05. The van der Waals surface area contributed by atoms with Gasteiger partial charge in [0.05, 0.1) is 20.8 Å². The number of amides is 1. The minimum Gasteiger partial charge on any atom is -0.345 e. The fourth-order valence-corrected chi connectivity index (χ4v) is 4.19. The number of rotatable bonds is 2. The van der Waals surface area contributed by atoms with Crippen LogP contribution in [0.15, 0.2) is 42.5 Å². The van der Waals surface area contributed by atoms with E-state index >= 15 is 0 Å². The highest BCUT2D eigenvalue weighted by molar-refractivity contribution is 7.22. The quantitative estimate of drug-likeness (QED) is 0.678. The van der Waals surface area contributed by atoms with Crippen molar-refractivity contribution in [1.29, 1.82) is 0 Å². The monoisotopic (exact) mass is 375 g/mol. The van der Waals surface area contributed by atoms with E-state index in [0.29, 0.717) is 31.7 Å². The maximum Gasteiger partial charge on any atom is 0.255 e. The van der Waals surface area contributed by atoms with E-state index in [4.69, 9.17) is 11.6 Å². The fourth-order valence-electron chi connectivity index (χ4n) is 2.93. The number of benzene rings is 2. The van der Waals surface area contributed by atoms with Crippen LogP contribution in [0.1, 0.15) is 10.4 Å². The van der Waals surface area contributed by atoms with Gasteiger partial charge in [-0.1, -0.05) is 35.1 Å². The summed E-state index contributed by atoms with van der Waals surface area (Å²) >= 11 is 7.67. The molecule has 0 bridgehead atoms. The first-order valence-corrected chi connectivity index (χ1v) is 9.16. The minimum atomic E-state index is -0.442. The number of halogens is 2. The maximum absolute atomic E-state index is 13.2. The third-order valence-corrected chi connectivity index (χ3v) is 5.69. The molecule has 1 aromatic heterocycles. The summed E-state index contributed by atoms with van der Waals surface area (Å²) in [7, 11) is 0. The zero-order valence-electron chi connectivity index (χ0n) is 13.3. The fraction of sp³-hybridized carbons (Fsp3) is 0.222. The van der Waals surface area contributed by atoms with Crippen molar-refractivity contribution in [1.82, 2.24) is 9.88 Å². The summed E-state index contributed by atoms with van der Waals surface area (Å²) in [6.45, 7) is 2.60. The predicted molar refractivity (Wildman–Crippen MR) is 99.1 cm³/mol. The van der Waals surface area contributed by atoms with Crippen molar-refractivity contribution in [2.45, 2.75) is 0 Å². The second-order valence-electron chi connectivity index (χ2n) is 5.87. The molecule has 0 radical (unpaired) electrons. The Kier molecular flexibility index (Phi) is 4.31. The lowest BCUT2D eigenvalue weighted by atomic mass is 10.1. The molecule has 0 atom stereocenters. The molecule has 1 amide bonds. The topological polar surface area (TPSA) is 36.4 Å². The second kappa shape index (κ2) is 6.61. The summed E-state index contributed by atoms with van der Waals surface area (Å²) in [5.74, 6) is -0.601. The van der Waals surface area contributed by atoms with Gasteiger partial charge in [0, 0.05) is 26.2 Å². The molecule has 2 heterocycles. The largest absolute Gasteiger partial charge is 0.345 e. The number of hydrogen-bond acceptors (Lipinski definition) is 4. The summed E-state index contributed by atoms with van der Waals surface area (Å²) < 4.78 is 14.3. The van der Waals surface area contributed by atoms with Gasteiger partial charge in [0.25, 0.3) is 5.91 Å². The Labute approximate surface area is 153 Å². The Hall–Kier alpha value is -2.18. The number of carbonyl (C=O) groups excluding carboxylic acids is 1. The molecule has 0 aliphatic carbocycles. The first kappa shape index (κ1) is 16.3. The molecule has 128 valence electrons. The maximum atomic E-state index is 13.2. The van der Waals surface area contributed by atoms with Crippen LogP contribution >= 0.6 is 22.9 Å². The molecule has 4 rings (SSSR count). The molecule has 0 unspecified atom stereocenters. The first-order chi connectivity index (χ1) is 12.1. The molecule has 25 heavy (non-hydrogen) atoms. The van der Waals surface area contributed by atoms with E-state index in [1.165, 1.54) is 18.2 Å². The van der Waals surface area contributed by atoms with Gasteiger partial charge in [0.2, 0.25) is 0 Å². The van der Waals surface area contributed by atoms with Gasteiger partial charge in [-0.2, -0.15) is 0 Å². The van der Waals surface area contributed by atoms with Gasteiger partial charge in [-0.25, -0.2) is 9.37 Å². The molecule has 1 aliphatic heterocycles. The zero-order valence-corrected chi connectivity index (χ0v) is 14.9. The van der Waals surface area contributed by atoms with Crippen LogP contribution in [-0.4, -0.2) is 42.0 Å². The van der Waals surface area contributed by atoms with Crippen LogP contribution in [0, 0.1) is 5.82 Å². The van der Waals surface area contributed by atoms with E-state index < -0.39 is 5.82 Å². The molecule has 0 saturated carbocycles. The van der Waals surface area contributed by atoms with Crippen LogP contribution in [0.25, 0.3) is 10.2 Å². The molecule has 1 fully saturated rings. The van der Waals surface area contributed by atoms with Gasteiger partial charge >= 0.3 is 0 Å². The molecular formula is C18H15ClFN3OS. The van der Waals surface area contributed by atoms with E-state index in [1.807, 2.05) is 18.2 Å². The highest BCUT2D eigenvalue weighted by Crippen LogP contribution is 2.29. The molecule has 4 nitrogen and oxygen atoms in total. The molecule has 0 N–H and O–H groups in total. The number of para-hydroxylation sites is 1. The zero-order chi connectivity index (χ0) is 17.4. The number of nitrogens with zero attached hydrogens (tertiary/aromatic N) is 3. The van der Waals surface area contributed by atoms with Crippen LogP contribution < -0.4 is 4.90 Å². The Morgan fingerprint density at radius 3 is 2.60 bits per heavy atom. The normalized spacial score (nSPS) is 15.0. The lowest BCUT2D eigenvalue weighted by Crippen LogP contribution is -2.48. The molecule has 1 saturated heterocycles. The van der Waals surface area contributed by atoms with Crippen LogP contribution in [0.3, 0.4) is 0 Å². The van der Waals surface area contributed by atoms with Crippen molar-refractivity contribution in [3.05, 3.63) is 58.9 Å². The Balaban J connectivity index is 1.46. The molecule has 0 spiro atoms. The average Bonchev–Trinajstić information content (AvgIpc) is 3.05. The van der Waals surface area contributed by atoms with Crippen LogP contribution in [0.4, 0.5) is 9.52 Å². The van der Waals surface area contributed by atoms with Gasteiger partial charge in [-0.15, -0.1) is 0 Å². The lowest BCUT2D eigenvalue weighted by Gasteiger charge is -2.34. The number of thiazole rings is 1. The molecule has 2 aromatic carbocycles. The number of hydrogen-bond donors (Lipinski definition) is 0. The number of anilines is 1. The van der Waals surface area contributed by atoms with Crippen molar-refractivity contribution in [3.63, 3.8) is 0 Å². The van der Waals surface area contributed by atoms with Crippen molar-refractivity contribution >= 4 is 44.2 Å². The van der Waals surface area contributed by atoms with E-state index in [-0.39, 0.29) is 10.9 Å². The van der Waals surface area contributed by atoms with Crippen molar-refractivity contribution in [3.8, 4) is 0 Å². The summed E-state index contributed by atoms with van der Waals surface area (Å²) in [6, 6.07) is 11.9. The molecule has 7 heteroatoms. The SMILES string of the molecule is O=C(c1ccc(F)cc1Cl)N1CCN(c2nc3ccccc3s2)CC1. The lowest BCUT2D eigenvalue weighted by molar-refractivity contribution is 0.0747. The third-order valence-electron chi connectivity index (χ3n) is 4.28. The highest BCUT2D eigenvalue weighted by atomic mass is 35.5. The summed E-state index contributed by atoms with van der Waals surface area (Å²) in [6.07, 6.45) is 0. The summed E-state index contributed by atoms with van der Waals surface area (Å²) in [5.41, 5.74) is 1.34. The van der Waals surface area contributed by atoms with Crippen molar-refractivity contribution in [2.75, 3.05) is 31.1 Å². The van der Waals surface area contributed by atoms with E-state index in [0.717, 1.165) is 15.3 Å². The number of carbonyl (C=O) groups is 1. The van der Waals surface area contributed by atoms with Gasteiger partial charge < -0.3 is 9.80 Å². The smallest absolute Gasteiger partial charge is 0.255 e. The molecule has 3 aromatic rings. The Bertz CT molecular complexity index is 904. The van der Waals surface area contributed by atoms with Crippen molar-refractivity contribution < 1.29 is 9.18 Å². The van der Waals surface area contributed by atoms with E-state index in [9.17, 15) is 9.18 Å². The molecule has 1 aliphatic rings. The van der Waals surface area contributed by atoms with Gasteiger partial charge in [-0.3, -0.25) is 4.79 Å². The summed E-state index contributed by atoms with van der Waals surface area (Å²) in [4.78, 5) is 21.2. The number of fused-ring (bicyclic) bond motifs is 1. The average molecular weight is 376 g/mol. The van der Waals surface area contributed by atoms with Crippen LogP contribution in [0.5, 0.6) is 0 Å². The van der Waals surface area contributed by atoms with Gasteiger partial charge in [-0.05, 0) is 30.3 Å².